The minimum atomic E-state index is -0.387. The topological polar surface area (TPSA) is 41.8 Å². The van der Waals surface area contributed by atoms with Crippen molar-refractivity contribution in [2.75, 3.05) is 6.61 Å². The van der Waals surface area contributed by atoms with Gasteiger partial charge in [-0.25, -0.2) is 4.39 Å². The molecule has 0 unspecified atom stereocenters. The number of rotatable bonds is 4. The summed E-state index contributed by atoms with van der Waals surface area (Å²) in [4.78, 5) is 4.06. The van der Waals surface area contributed by atoms with Crippen molar-refractivity contribution in [2.24, 2.45) is 4.99 Å². The first-order valence-corrected chi connectivity index (χ1v) is 6.37. The fraction of sp³-hybridized carbons (Fsp3) is 0.188. The number of hydrogen-bond donors (Lipinski definition) is 1. The number of benzene rings is 2. The zero-order chi connectivity index (χ0) is 14.5. The summed E-state index contributed by atoms with van der Waals surface area (Å²) in [5.41, 5.74) is 1.55. The molecule has 0 amide bonds. The third-order valence-corrected chi connectivity index (χ3v) is 2.78. The number of hydrogen-bond acceptors (Lipinski definition) is 3. The average molecular weight is 273 g/mol. The van der Waals surface area contributed by atoms with E-state index in [2.05, 4.69) is 4.99 Å². The molecule has 3 nitrogen and oxygen atoms in total. The first-order chi connectivity index (χ1) is 9.61. The Labute approximate surface area is 117 Å². The molecule has 0 aliphatic rings. The van der Waals surface area contributed by atoms with E-state index in [1.807, 2.05) is 13.8 Å². The summed E-state index contributed by atoms with van der Waals surface area (Å²) in [6, 6.07) is 9.91. The second-order valence-electron chi connectivity index (χ2n) is 4.34. The number of nitrogens with zero attached hydrogens (tertiary/aromatic N) is 1. The summed E-state index contributed by atoms with van der Waals surface area (Å²) in [6.07, 6.45) is 1.42. The van der Waals surface area contributed by atoms with Crippen molar-refractivity contribution in [3.8, 4) is 11.5 Å². The van der Waals surface area contributed by atoms with Crippen LogP contribution in [0.1, 0.15) is 18.1 Å². The molecule has 0 atom stereocenters. The van der Waals surface area contributed by atoms with Crippen molar-refractivity contribution in [3.05, 3.63) is 53.3 Å². The van der Waals surface area contributed by atoms with Crippen LogP contribution in [-0.4, -0.2) is 17.9 Å². The molecule has 2 aromatic carbocycles. The van der Waals surface area contributed by atoms with Gasteiger partial charge in [-0.05, 0) is 43.7 Å². The maximum absolute atomic E-state index is 13.7. The average Bonchev–Trinajstić information content (AvgIpc) is 2.42. The van der Waals surface area contributed by atoms with E-state index >= 15 is 0 Å². The van der Waals surface area contributed by atoms with Gasteiger partial charge in [0.15, 0.2) is 11.5 Å². The number of halogens is 1. The molecule has 2 rings (SSSR count). The number of ether oxygens (including phenoxy) is 1. The second-order valence-corrected chi connectivity index (χ2v) is 4.34. The van der Waals surface area contributed by atoms with Gasteiger partial charge in [-0.3, -0.25) is 4.99 Å². The molecule has 0 aromatic heterocycles. The van der Waals surface area contributed by atoms with Crippen LogP contribution in [0.2, 0.25) is 0 Å². The molecule has 0 saturated heterocycles. The minimum absolute atomic E-state index is 0.00520. The third-order valence-electron chi connectivity index (χ3n) is 2.78. The van der Waals surface area contributed by atoms with Crippen molar-refractivity contribution in [2.45, 2.75) is 13.8 Å². The van der Waals surface area contributed by atoms with Gasteiger partial charge in [0.1, 0.15) is 5.82 Å². The van der Waals surface area contributed by atoms with Crippen molar-refractivity contribution < 1.29 is 14.2 Å². The molecule has 0 radical (unpaired) electrons. The Morgan fingerprint density at radius 3 is 2.80 bits per heavy atom. The highest BCUT2D eigenvalue weighted by molar-refractivity contribution is 5.86. The first-order valence-electron chi connectivity index (χ1n) is 6.37. The summed E-state index contributed by atoms with van der Waals surface area (Å²) in [5, 5.41) is 10.0. The van der Waals surface area contributed by atoms with Gasteiger partial charge < -0.3 is 9.84 Å². The van der Waals surface area contributed by atoms with Crippen LogP contribution in [-0.2, 0) is 0 Å². The molecule has 4 heteroatoms. The van der Waals surface area contributed by atoms with Gasteiger partial charge in [-0.15, -0.1) is 0 Å². The van der Waals surface area contributed by atoms with Crippen LogP contribution in [0.25, 0.3) is 0 Å². The van der Waals surface area contributed by atoms with Crippen LogP contribution < -0.4 is 4.74 Å². The Kier molecular flexibility index (Phi) is 4.35. The van der Waals surface area contributed by atoms with E-state index in [0.29, 0.717) is 17.9 Å². The zero-order valence-corrected chi connectivity index (χ0v) is 11.4. The summed E-state index contributed by atoms with van der Waals surface area (Å²) in [5.74, 6) is 0.00755. The Balaban J connectivity index is 2.29. The molecule has 0 bridgehead atoms. The Hall–Kier alpha value is -2.36. The first kappa shape index (κ1) is 14.1. The Morgan fingerprint density at radius 1 is 1.30 bits per heavy atom. The lowest BCUT2D eigenvalue weighted by molar-refractivity contribution is 0.318. The SMILES string of the molecule is CCOc1cccc(C=Nc2ccc(C)cc2F)c1O. The van der Waals surface area contributed by atoms with E-state index in [1.165, 1.54) is 12.3 Å². The van der Waals surface area contributed by atoms with E-state index in [4.69, 9.17) is 4.74 Å². The summed E-state index contributed by atoms with van der Waals surface area (Å²) in [7, 11) is 0. The molecule has 20 heavy (non-hydrogen) atoms. The molecule has 0 spiro atoms. The van der Waals surface area contributed by atoms with E-state index in [0.717, 1.165) is 5.56 Å². The number of phenols is 1. The van der Waals surface area contributed by atoms with Gasteiger partial charge in [-0.2, -0.15) is 0 Å². The maximum atomic E-state index is 13.7. The predicted octanol–water partition coefficient (Wildman–Crippen LogP) is 3.99. The molecule has 104 valence electrons. The van der Waals surface area contributed by atoms with E-state index in [1.54, 1.807) is 30.3 Å². The van der Waals surface area contributed by atoms with Crippen LogP contribution >= 0.6 is 0 Å². The molecule has 0 aliphatic carbocycles. The molecule has 1 N–H and O–H groups in total. The van der Waals surface area contributed by atoms with Crippen LogP contribution in [0.3, 0.4) is 0 Å². The third kappa shape index (κ3) is 3.15. The Morgan fingerprint density at radius 2 is 2.10 bits per heavy atom. The lowest BCUT2D eigenvalue weighted by Crippen LogP contribution is -1.93. The molecule has 0 heterocycles. The van der Waals surface area contributed by atoms with Crippen molar-refractivity contribution in [3.63, 3.8) is 0 Å². The number of para-hydroxylation sites is 1. The van der Waals surface area contributed by atoms with E-state index in [9.17, 15) is 9.50 Å². The maximum Gasteiger partial charge on any atom is 0.166 e. The summed E-state index contributed by atoms with van der Waals surface area (Å²) >= 11 is 0. The van der Waals surface area contributed by atoms with Gasteiger partial charge in [-0.1, -0.05) is 12.1 Å². The molecule has 0 aliphatic heterocycles. The van der Waals surface area contributed by atoms with Gasteiger partial charge in [0.25, 0.3) is 0 Å². The largest absolute Gasteiger partial charge is 0.504 e. The minimum Gasteiger partial charge on any atom is -0.504 e. The highest BCUT2D eigenvalue weighted by Crippen LogP contribution is 2.29. The fourth-order valence-corrected chi connectivity index (χ4v) is 1.77. The molecule has 0 fully saturated rings. The van der Waals surface area contributed by atoms with Crippen molar-refractivity contribution in [1.29, 1.82) is 0 Å². The Bertz CT molecular complexity index is 638. The number of aliphatic imine (C=N–C) groups is 1. The number of aromatic hydroxyl groups is 1. The van der Waals surface area contributed by atoms with Crippen LogP contribution in [0.15, 0.2) is 41.4 Å². The zero-order valence-electron chi connectivity index (χ0n) is 11.4. The molecular weight excluding hydrogens is 257 g/mol. The molecule has 0 saturated carbocycles. The fourth-order valence-electron chi connectivity index (χ4n) is 1.77. The molecular formula is C16H16FNO2. The lowest BCUT2D eigenvalue weighted by Gasteiger charge is -2.07. The highest BCUT2D eigenvalue weighted by Gasteiger charge is 2.06. The smallest absolute Gasteiger partial charge is 0.166 e. The lowest BCUT2D eigenvalue weighted by atomic mass is 10.2. The van der Waals surface area contributed by atoms with E-state index < -0.39 is 0 Å². The summed E-state index contributed by atoms with van der Waals surface area (Å²) < 4.78 is 18.9. The van der Waals surface area contributed by atoms with Gasteiger partial charge >= 0.3 is 0 Å². The van der Waals surface area contributed by atoms with E-state index in [-0.39, 0.29) is 17.3 Å². The van der Waals surface area contributed by atoms with Crippen molar-refractivity contribution >= 4 is 11.9 Å². The van der Waals surface area contributed by atoms with Gasteiger partial charge in [0.2, 0.25) is 0 Å². The second kappa shape index (κ2) is 6.19. The standard InChI is InChI=1S/C16H16FNO2/c1-3-20-15-6-4-5-12(16(15)19)10-18-14-8-7-11(2)9-13(14)17/h4-10,19H,3H2,1-2H3. The normalized spacial score (nSPS) is 10.9. The van der Waals surface area contributed by atoms with Gasteiger partial charge in [0.05, 0.1) is 12.3 Å². The van der Waals surface area contributed by atoms with Crippen molar-refractivity contribution in [1.82, 2.24) is 0 Å². The van der Waals surface area contributed by atoms with Crippen LogP contribution in [0, 0.1) is 12.7 Å². The summed E-state index contributed by atoms with van der Waals surface area (Å²) in [6.45, 7) is 4.11. The monoisotopic (exact) mass is 273 g/mol. The molecule has 2 aromatic rings. The number of aryl methyl sites for hydroxylation is 1. The van der Waals surface area contributed by atoms with Gasteiger partial charge in [0, 0.05) is 11.8 Å². The number of phenolic OH excluding ortho intramolecular Hbond substituents is 1. The van der Waals surface area contributed by atoms with Crippen LogP contribution in [0.4, 0.5) is 10.1 Å². The van der Waals surface area contributed by atoms with Crippen LogP contribution in [0.5, 0.6) is 11.5 Å². The highest BCUT2D eigenvalue weighted by atomic mass is 19.1. The quantitative estimate of drug-likeness (QED) is 0.856. The predicted molar refractivity (Wildman–Crippen MR) is 77.7 cm³/mol.